The van der Waals surface area contributed by atoms with E-state index in [1.807, 2.05) is 25.1 Å². The summed E-state index contributed by atoms with van der Waals surface area (Å²) in [6.45, 7) is 3.54. The predicted molar refractivity (Wildman–Crippen MR) is 58.7 cm³/mol. The zero-order chi connectivity index (χ0) is 11.2. The highest BCUT2D eigenvalue weighted by Gasteiger charge is 2.21. The van der Waals surface area contributed by atoms with Crippen LogP contribution in [0.15, 0.2) is 27.7 Å². The molecule has 0 aliphatic rings. The van der Waals surface area contributed by atoms with Gasteiger partial charge in [-0.2, -0.15) is 0 Å². The Bertz CT molecular complexity index is 625. The van der Waals surface area contributed by atoms with Gasteiger partial charge in [0.05, 0.1) is 0 Å². The monoisotopic (exact) mass is 244 g/mol. The van der Waals surface area contributed by atoms with Crippen LogP contribution in [-0.4, -0.2) is 8.42 Å². The lowest BCUT2D eigenvalue weighted by molar-refractivity contribution is 0.482. The molecule has 2 rings (SSSR count). The third-order valence-electron chi connectivity index (χ3n) is 2.34. The molecule has 0 atom stereocenters. The predicted octanol–water partition coefficient (Wildman–Crippen LogP) is 2.98. The van der Waals surface area contributed by atoms with Crippen molar-refractivity contribution in [2.24, 2.45) is 0 Å². The Morgan fingerprint density at radius 1 is 1.27 bits per heavy atom. The SMILES string of the molecule is Cc1c(S(=O)(=O)Cl)oc2c(C)cccc12. The first kappa shape index (κ1) is 10.5. The standard InChI is InChI=1S/C10H9ClO3S/c1-6-4-3-5-8-7(2)10(14-9(6)8)15(11,12)13/h3-5H,1-2H3. The van der Waals surface area contributed by atoms with Gasteiger partial charge in [-0.05, 0) is 19.4 Å². The van der Waals surface area contributed by atoms with Gasteiger partial charge in [-0.1, -0.05) is 18.2 Å². The van der Waals surface area contributed by atoms with Gasteiger partial charge < -0.3 is 4.42 Å². The van der Waals surface area contributed by atoms with E-state index in [9.17, 15) is 8.42 Å². The third kappa shape index (κ3) is 1.64. The van der Waals surface area contributed by atoms with E-state index >= 15 is 0 Å². The minimum absolute atomic E-state index is 0.159. The maximum absolute atomic E-state index is 11.2. The molecule has 0 aliphatic carbocycles. The summed E-state index contributed by atoms with van der Waals surface area (Å²) in [6.07, 6.45) is 0. The van der Waals surface area contributed by atoms with E-state index in [2.05, 4.69) is 0 Å². The minimum Gasteiger partial charge on any atom is -0.443 e. The summed E-state index contributed by atoms with van der Waals surface area (Å²) in [5.41, 5.74) is 2.03. The fraction of sp³-hybridized carbons (Fsp3) is 0.200. The average molecular weight is 245 g/mol. The van der Waals surface area contributed by atoms with E-state index in [4.69, 9.17) is 15.1 Å². The molecule has 0 saturated carbocycles. The highest BCUT2D eigenvalue weighted by atomic mass is 35.7. The molecule has 2 aromatic rings. The van der Waals surface area contributed by atoms with Gasteiger partial charge in [-0.25, -0.2) is 8.42 Å². The third-order valence-corrected chi connectivity index (χ3v) is 3.59. The molecule has 0 N–H and O–H groups in total. The number of halogens is 1. The number of furan rings is 1. The van der Waals surface area contributed by atoms with Crippen molar-refractivity contribution in [3.8, 4) is 0 Å². The summed E-state index contributed by atoms with van der Waals surface area (Å²) in [5, 5.41) is 0.627. The van der Waals surface area contributed by atoms with Gasteiger partial charge in [-0.3, -0.25) is 0 Å². The number of aryl methyl sites for hydroxylation is 2. The summed E-state index contributed by atoms with van der Waals surface area (Å²) in [4.78, 5) is 0. The van der Waals surface area contributed by atoms with Gasteiger partial charge in [-0.15, -0.1) is 0 Å². The van der Waals surface area contributed by atoms with Crippen LogP contribution in [-0.2, 0) is 9.05 Å². The summed E-state index contributed by atoms with van der Waals surface area (Å²) in [7, 11) is 1.46. The molecule has 0 spiro atoms. The first-order chi connectivity index (χ1) is 6.91. The summed E-state index contributed by atoms with van der Waals surface area (Å²) in [6, 6.07) is 5.52. The van der Waals surface area contributed by atoms with E-state index in [-0.39, 0.29) is 5.09 Å². The normalized spacial score (nSPS) is 12.2. The topological polar surface area (TPSA) is 47.3 Å². The maximum Gasteiger partial charge on any atom is 0.294 e. The molecule has 0 amide bonds. The van der Waals surface area contributed by atoms with Crippen LogP contribution >= 0.6 is 10.7 Å². The second-order valence-electron chi connectivity index (χ2n) is 3.40. The van der Waals surface area contributed by atoms with E-state index in [1.165, 1.54) is 0 Å². The van der Waals surface area contributed by atoms with Crippen molar-refractivity contribution in [2.75, 3.05) is 0 Å². The molecule has 0 saturated heterocycles. The van der Waals surface area contributed by atoms with Crippen LogP contribution in [0.2, 0.25) is 0 Å². The van der Waals surface area contributed by atoms with Crippen molar-refractivity contribution >= 4 is 30.7 Å². The van der Waals surface area contributed by atoms with Crippen LogP contribution < -0.4 is 0 Å². The molecule has 15 heavy (non-hydrogen) atoms. The van der Waals surface area contributed by atoms with Gasteiger partial charge in [0.2, 0.25) is 5.09 Å². The Hall–Kier alpha value is -1.00. The molecule has 0 unspecified atom stereocenters. The Morgan fingerprint density at radius 2 is 1.93 bits per heavy atom. The molecule has 80 valence electrons. The highest BCUT2D eigenvalue weighted by Crippen LogP contribution is 2.31. The van der Waals surface area contributed by atoms with E-state index in [1.54, 1.807) is 6.92 Å². The minimum atomic E-state index is -3.81. The van der Waals surface area contributed by atoms with Gasteiger partial charge in [0, 0.05) is 21.6 Å². The second kappa shape index (κ2) is 3.25. The molecule has 3 nitrogen and oxygen atoms in total. The molecule has 0 fully saturated rings. The average Bonchev–Trinajstić information content (AvgIpc) is 2.45. The Balaban J connectivity index is 2.93. The highest BCUT2D eigenvalue weighted by molar-refractivity contribution is 8.13. The summed E-state index contributed by atoms with van der Waals surface area (Å²) in [5.74, 6) is 0. The van der Waals surface area contributed by atoms with Crippen LogP contribution in [0.1, 0.15) is 11.1 Å². The fourth-order valence-electron chi connectivity index (χ4n) is 1.60. The maximum atomic E-state index is 11.2. The Kier molecular flexibility index (Phi) is 2.28. The fourth-order valence-corrected chi connectivity index (χ4v) is 2.70. The zero-order valence-corrected chi connectivity index (χ0v) is 9.82. The molecular weight excluding hydrogens is 236 g/mol. The lowest BCUT2D eigenvalue weighted by Crippen LogP contribution is -1.89. The molecule has 1 heterocycles. The van der Waals surface area contributed by atoms with E-state index in [0.29, 0.717) is 11.1 Å². The Morgan fingerprint density at radius 3 is 2.47 bits per heavy atom. The summed E-state index contributed by atoms with van der Waals surface area (Å²) >= 11 is 0. The molecule has 0 aliphatic heterocycles. The van der Waals surface area contributed by atoms with Gasteiger partial charge in [0.1, 0.15) is 5.58 Å². The molecule has 0 radical (unpaired) electrons. The van der Waals surface area contributed by atoms with E-state index < -0.39 is 9.05 Å². The number of para-hydroxylation sites is 1. The van der Waals surface area contributed by atoms with Crippen LogP contribution in [0.5, 0.6) is 0 Å². The van der Waals surface area contributed by atoms with Crippen LogP contribution in [0, 0.1) is 13.8 Å². The van der Waals surface area contributed by atoms with Crippen molar-refractivity contribution in [1.29, 1.82) is 0 Å². The number of benzene rings is 1. The molecule has 1 aromatic heterocycles. The van der Waals surface area contributed by atoms with E-state index in [0.717, 1.165) is 10.9 Å². The first-order valence-electron chi connectivity index (χ1n) is 4.34. The molecule has 1 aromatic carbocycles. The van der Waals surface area contributed by atoms with Crippen molar-refractivity contribution in [1.82, 2.24) is 0 Å². The zero-order valence-electron chi connectivity index (χ0n) is 8.24. The van der Waals surface area contributed by atoms with Crippen LogP contribution in [0.25, 0.3) is 11.0 Å². The largest absolute Gasteiger partial charge is 0.443 e. The first-order valence-corrected chi connectivity index (χ1v) is 6.65. The lowest BCUT2D eigenvalue weighted by Gasteiger charge is -1.91. The van der Waals surface area contributed by atoms with Crippen molar-refractivity contribution in [3.63, 3.8) is 0 Å². The van der Waals surface area contributed by atoms with Crippen molar-refractivity contribution in [2.45, 2.75) is 18.9 Å². The quantitative estimate of drug-likeness (QED) is 0.725. The molecule has 5 heteroatoms. The van der Waals surface area contributed by atoms with Crippen LogP contribution in [0.4, 0.5) is 0 Å². The number of hydrogen-bond acceptors (Lipinski definition) is 3. The molecule has 0 bridgehead atoms. The number of hydrogen-bond donors (Lipinski definition) is 0. The molecular formula is C10H9ClO3S. The van der Waals surface area contributed by atoms with Gasteiger partial charge in [0.25, 0.3) is 9.05 Å². The van der Waals surface area contributed by atoms with Crippen molar-refractivity contribution in [3.05, 3.63) is 29.3 Å². The van der Waals surface area contributed by atoms with Gasteiger partial charge in [0.15, 0.2) is 0 Å². The number of fused-ring (bicyclic) bond motifs is 1. The van der Waals surface area contributed by atoms with Crippen LogP contribution in [0.3, 0.4) is 0 Å². The number of rotatable bonds is 1. The Labute approximate surface area is 92.1 Å². The van der Waals surface area contributed by atoms with Crippen molar-refractivity contribution < 1.29 is 12.8 Å². The lowest BCUT2D eigenvalue weighted by atomic mass is 10.1. The van der Waals surface area contributed by atoms with Gasteiger partial charge >= 0.3 is 0 Å². The smallest absolute Gasteiger partial charge is 0.294 e. The second-order valence-corrected chi connectivity index (χ2v) is 5.87. The summed E-state index contributed by atoms with van der Waals surface area (Å²) < 4.78 is 27.7.